The van der Waals surface area contributed by atoms with Crippen LogP contribution in [0.15, 0.2) is 78.9 Å². The molecule has 4 rings (SSSR count). The van der Waals surface area contributed by atoms with Crippen LogP contribution in [0.1, 0.15) is 43.2 Å². The Labute approximate surface area is 190 Å². The van der Waals surface area contributed by atoms with Crippen LogP contribution in [0.3, 0.4) is 0 Å². The average Bonchev–Trinajstić information content (AvgIpc) is 2.86. The summed E-state index contributed by atoms with van der Waals surface area (Å²) in [5, 5.41) is 0. The highest BCUT2D eigenvalue weighted by Crippen LogP contribution is 2.21. The number of para-hydroxylation sites is 1. The molecular formula is C28H28O4. The van der Waals surface area contributed by atoms with Crippen LogP contribution >= 0.6 is 0 Å². The molecule has 0 bridgehead atoms. The monoisotopic (exact) mass is 428 g/mol. The molecule has 0 aliphatic heterocycles. The quantitative estimate of drug-likeness (QED) is 0.317. The molecule has 0 radical (unpaired) electrons. The second-order valence-corrected chi connectivity index (χ2v) is 7.71. The third kappa shape index (κ3) is 7.08. The Hall–Kier alpha value is -3.42. The molecule has 164 valence electrons. The Balaban J connectivity index is 1.21. The van der Waals surface area contributed by atoms with Gasteiger partial charge in [-0.15, -0.1) is 0 Å². The van der Waals surface area contributed by atoms with Crippen LogP contribution in [-0.2, 0) is 4.74 Å². The normalized spacial score (nSPS) is 13.6. The highest BCUT2D eigenvalue weighted by Gasteiger charge is 2.13. The number of ether oxygens (including phenoxy) is 4. The SMILES string of the molecule is C(#Cc1ccc(OCOC2CCCCC2)cc1)c1ccc(OCOc2ccccc2)cc1. The minimum Gasteiger partial charge on any atom is -0.468 e. The summed E-state index contributed by atoms with van der Waals surface area (Å²) in [5.41, 5.74) is 1.85. The molecule has 1 saturated carbocycles. The van der Waals surface area contributed by atoms with E-state index < -0.39 is 0 Å². The Morgan fingerprint density at radius 3 is 1.62 bits per heavy atom. The van der Waals surface area contributed by atoms with Crippen LogP contribution in [0, 0.1) is 11.8 Å². The van der Waals surface area contributed by atoms with Crippen LogP contribution in [0.25, 0.3) is 0 Å². The molecule has 0 heterocycles. The van der Waals surface area contributed by atoms with Crippen molar-refractivity contribution in [1.82, 2.24) is 0 Å². The smallest absolute Gasteiger partial charge is 0.230 e. The van der Waals surface area contributed by atoms with E-state index in [1.165, 1.54) is 19.3 Å². The topological polar surface area (TPSA) is 36.9 Å². The summed E-state index contributed by atoms with van der Waals surface area (Å²) in [5.74, 6) is 8.67. The Bertz CT molecular complexity index is 995. The molecule has 1 fully saturated rings. The molecular weight excluding hydrogens is 400 g/mol. The van der Waals surface area contributed by atoms with Gasteiger partial charge in [-0.1, -0.05) is 49.3 Å². The molecule has 0 amide bonds. The van der Waals surface area contributed by atoms with E-state index in [4.69, 9.17) is 18.9 Å². The van der Waals surface area contributed by atoms with Gasteiger partial charge >= 0.3 is 0 Å². The lowest BCUT2D eigenvalue weighted by molar-refractivity contribution is -0.0496. The fourth-order valence-corrected chi connectivity index (χ4v) is 3.53. The van der Waals surface area contributed by atoms with Gasteiger partial charge in [0.2, 0.25) is 6.79 Å². The maximum Gasteiger partial charge on any atom is 0.230 e. The van der Waals surface area contributed by atoms with Crippen molar-refractivity contribution >= 4 is 0 Å². The molecule has 0 N–H and O–H groups in total. The van der Waals surface area contributed by atoms with Crippen molar-refractivity contribution in [1.29, 1.82) is 0 Å². The maximum atomic E-state index is 5.81. The molecule has 1 aliphatic rings. The zero-order chi connectivity index (χ0) is 21.8. The van der Waals surface area contributed by atoms with Crippen LogP contribution in [0.5, 0.6) is 17.2 Å². The van der Waals surface area contributed by atoms with Crippen molar-refractivity contribution in [3.8, 4) is 29.1 Å². The molecule has 0 unspecified atom stereocenters. The first-order valence-electron chi connectivity index (χ1n) is 11.1. The molecule has 1 aliphatic carbocycles. The third-order valence-corrected chi connectivity index (χ3v) is 5.34. The Morgan fingerprint density at radius 1 is 0.562 bits per heavy atom. The van der Waals surface area contributed by atoms with Gasteiger partial charge in [0.1, 0.15) is 17.2 Å². The Kier molecular flexibility index (Phi) is 8.06. The van der Waals surface area contributed by atoms with Crippen LogP contribution in [0.2, 0.25) is 0 Å². The lowest BCUT2D eigenvalue weighted by Gasteiger charge is -2.21. The van der Waals surface area contributed by atoms with Gasteiger partial charge in [-0.25, -0.2) is 0 Å². The standard InChI is InChI=1S/C28H28O4/c1-3-7-25(8-4-1)29-21-31-27-17-13-23(14-18-27)11-12-24-15-19-28(20-16-24)32-22-30-26-9-5-2-6-10-26/h1,3-4,7-8,13-20,26H,2,5-6,9-10,21-22H2. The lowest BCUT2D eigenvalue weighted by Crippen LogP contribution is -2.19. The van der Waals surface area contributed by atoms with E-state index in [1.807, 2.05) is 78.9 Å². The van der Waals surface area contributed by atoms with Gasteiger partial charge in [-0.05, 0) is 73.5 Å². The van der Waals surface area contributed by atoms with E-state index in [0.29, 0.717) is 12.9 Å². The minimum absolute atomic E-state index is 0.162. The van der Waals surface area contributed by atoms with Gasteiger partial charge in [-0.2, -0.15) is 0 Å². The van der Waals surface area contributed by atoms with Gasteiger partial charge in [0.25, 0.3) is 0 Å². The van der Waals surface area contributed by atoms with Crippen molar-refractivity contribution in [2.24, 2.45) is 0 Å². The first kappa shape index (κ1) is 21.8. The van der Waals surface area contributed by atoms with E-state index >= 15 is 0 Å². The minimum atomic E-state index is 0.162. The third-order valence-electron chi connectivity index (χ3n) is 5.34. The number of rotatable bonds is 8. The number of hydrogen-bond donors (Lipinski definition) is 0. The summed E-state index contributed by atoms with van der Waals surface area (Å²) >= 11 is 0. The fraction of sp³-hybridized carbons (Fsp3) is 0.286. The largest absolute Gasteiger partial charge is 0.468 e. The van der Waals surface area contributed by atoms with Crippen LogP contribution in [-0.4, -0.2) is 19.7 Å². The molecule has 4 heteroatoms. The van der Waals surface area contributed by atoms with Crippen LogP contribution < -0.4 is 14.2 Å². The lowest BCUT2D eigenvalue weighted by atomic mass is 9.98. The predicted octanol–water partition coefficient (Wildman–Crippen LogP) is 6.19. The molecule has 0 atom stereocenters. The second kappa shape index (κ2) is 11.8. The molecule has 3 aromatic rings. The molecule has 0 aromatic heterocycles. The van der Waals surface area contributed by atoms with Gasteiger partial charge < -0.3 is 18.9 Å². The van der Waals surface area contributed by atoms with E-state index in [2.05, 4.69) is 11.8 Å². The van der Waals surface area contributed by atoms with E-state index in [0.717, 1.165) is 41.2 Å². The van der Waals surface area contributed by atoms with Crippen molar-refractivity contribution in [3.63, 3.8) is 0 Å². The second-order valence-electron chi connectivity index (χ2n) is 7.71. The number of hydrogen-bond acceptors (Lipinski definition) is 4. The summed E-state index contributed by atoms with van der Waals surface area (Å²) in [6.07, 6.45) is 6.48. The van der Waals surface area contributed by atoms with E-state index in [9.17, 15) is 0 Å². The summed E-state index contributed by atoms with van der Waals surface area (Å²) in [6, 6.07) is 25.0. The number of benzene rings is 3. The van der Waals surface area contributed by atoms with E-state index in [1.54, 1.807) is 0 Å². The van der Waals surface area contributed by atoms with Crippen LogP contribution in [0.4, 0.5) is 0 Å². The molecule has 32 heavy (non-hydrogen) atoms. The Morgan fingerprint density at radius 2 is 1.06 bits per heavy atom. The summed E-state index contributed by atoms with van der Waals surface area (Å²) < 4.78 is 22.7. The van der Waals surface area contributed by atoms with Gasteiger partial charge in [0.05, 0.1) is 6.10 Å². The summed E-state index contributed by atoms with van der Waals surface area (Å²) in [7, 11) is 0. The summed E-state index contributed by atoms with van der Waals surface area (Å²) in [6.45, 7) is 0.468. The van der Waals surface area contributed by atoms with Gasteiger partial charge in [0, 0.05) is 11.1 Å². The van der Waals surface area contributed by atoms with Gasteiger partial charge in [-0.3, -0.25) is 0 Å². The highest BCUT2D eigenvalue weighted by molar-refractivity contribution is 5.45. The van der Waals surface area contributed by atoms with E-state index in [-0.39, 0.29) is 6.79 Å². The first-order chi connectivity index (χ1) is 15.8. The molecule has 0 saturated heterocycles. The van der Waals surface area contributed by atoms with Crippen molar-refractivity contribution in [2.45, 2.75) is 38.2 Å². The van der Waals surface area contributed by atoms with Gasteiger partial charge in [0.15, 0.2) is 6.79 Å². The maximum absolute atomic E-state index is 5.81. The average molecular weight is 429 g/mol. The zero-order valence-electron chi connectivity index (χ0n) is 18.2. The van der Waals surface area contributed by atoms with Crippen molar-refractivity contribution in [2.75, 3.05) is 13.6 Å². The van der Waals surface area contributed by atoms with Crippen molar-refractivity contribution in [3.05, 3.63) is 90.0 Å². The predicted molar refractivity (Wildman–Crippen MR) is 125 cm³/mol. The first-order valence-corrected chi connectivity index (χ1v) is 11.1. The van der Waals surface area contributed by atoms with Crippen molar-refractivity contribution < 1.29 is 18.9 Å². The zero-order valence-corrected chi connectivity index (χ0v) is 18.2. The fourth-order valence-electron chi connectivity index (χ4n) is 3.53. The highest BCUT2D eigenvalue weighted by atomic mass is 16.7. The molecule has 3 aromatic carbocycles. The summed E-state index contributed by atoms with van der Waals surface area (Å²) in [4.78, 5) is 0. The molecule has 0 spiro atoms. The molecule has 4 nitrogen and oxygen atoms in total.